The molecule has 0 saturated heterocycles. The zero-order chi connectivity index (χ0) is 9.84. The number of nitrogens with one attached hydrogen (secondary N) is 1. The molecule has 1 rings (SSSR count). The first-order valence-electron chi connectivity index (χ1n) is 3.83. The molecule has 1 aromatic rings. The van der Waals surface area contributed by atoms with E-state index in [1.807, 2.05) is 0 Å². The molecule has 2 nitrogen and oxygen atoms in total. The van der Waals surface area contributed by atoms with Gasteiger partial charge in [-0.25, -0.2) is 4.39 Å². The SMILES string of the molecule is C=CC(=O)Nc1cccc(C)c1F. The van der Waals surface area contributed by atoms with Crippen molar-refractivity contribution in [2.45, 2.75) is 6.92 Å². The smallest absolute Gasteiger partial charge is 0.247 e. The molecule has 0 fully saturated rings. The first-order chi connectivity index (χ1) is 6.15. The van der Waals surface area contributed by atoms with Crippen molar-refractivity contribution in [3.63, 3.8) is 0 Å². The van der Waals surface area contributed by atoms with E-state index >= 15 is 0 Å². The van der Waals surface area contributed by atoms with Crippen LogP contribution in [0.4, 0.5) is 10.1 Å². The molecule has 3 heteroatoms. The molecule has 1 amide bonds. The lowest BCUT2D eigenvalue weighted by molar-refractivity contribution is -0.111. The maximum atomic E-state index is 13.2. The lowest BCUT2D eigenvalue weighted by Gasteiger charge is -2.04. The van der Waals surface area contributed by atoms with E-state index in [2.05, 4.69) is 11.9 Å². The van der Waals surface area contributed by atoms with Gasteiger partial charge in [-0.1, -0.05) is 18.7 Å². The number of amides is 1. The molecule has 68 valence electrons. The molecule has 0 atom stereocenters. The summed E-state index contributed by atoms with van der Waals surface area (Å²) >= 11 is 0. The molecule has 0 heterocycles. The molecule has 0 spiro atoms. The van der Waals surface area contributed by atoms with Crippen LogP contribution in [0.15, 0.2) is 30.9 Å². The number of carbonyl (C=O) groups is 1. The summed E-state index contributed by atoms with van der Waals surface area (Å²) in [6.07, 6.45) is 1.10. The molecule has 0 aliphatic carbocycles. The quantitative estimate of drug-likeness (QED) is 0.693. The molecule has 0 unspecified atom stereocenters. The van der Waals surface area contributed by atoms with Crippen LogP contribution in [-0.4, -0.2) is 5.91 Å². The second kappa shape index (κ2) is 3.85. The van der Waals surface area contributed by atoms with Gasteiger partial charge in [0.15, 0.2) is 0 Å². The molecule has 0 radical (unpaired) electrons. The Morgan fingerprint density at radius 2 is 2.31 bits per heavy atom. The van der Waals surface area contributed by atoms with Crippen LogP contribution in [-0.2, 0) is 4.79 Å². The van der Waals surface area contributed by atoms with Crippen molar-refractivity contribution >= 4 is 11.6 Å². The van der Waals surface area contributed by atoms with Gasteiger partial charge in [0, 0.05) is 0 Å². The molecule has 1 aromatic carbocycles. The van der Waals surface area contributed by atoms with Gasteiger partial charge in [0.25, 0.3) is 0 Å². The van der Waals surface area contributed by atoms with Crippen molar-refractivity contribution < 1.29 is 9.18 Å². The van der Waals surface area contributed by atoms with E-state index in [0.29, 0.717) is 5.56 Å². The van der Waals surface area contributed by atoms with Crippen molar-refractivity contribution in [3.8, 4) is 0 Å². The third-order valence-corrected chi connectivity index (χ3v) is 1.64. The number of aryl methyl sites for hydroxylation is 1. The van der Waals surface area contributed by atoms with E-state index < -0.39 is 11.7 Å². The van der Waals surface area contributed by atoms with Gasteiger partial charge in [-0.2, -0.15) is 0 Å². The van der Waals surface area contributed by atoms with Gasteiger partial charge < -0.3 is 5.32 Å². The highest BCUT2D eigenvalue weighted by Gasteiger charge is 2.05. The zero-order valence-corrected chi connectivity index (χ0v) is 7.30. The third-order valence-electron chi connectivity index (χ3n) is 1.64. The summed E-state index contributed by atoms with van der Waals surface area (Å²) in [6.45, 7) is 4.91. The van der Waals surface area contributed by atoms with Gasteiger partial charge in [-0.15, -0.1) is 0 Å². The number of hydrogen-bond acceptors (Lipinski definition) is 1. The van der Waals surface area contributed by atoms with Gasteiger partial charge >= 0.3 is 0 Å². The summed E-state index contributed by atoms with van der Waals surface area (Å²) < 4.78 is 13.2. The molecule has 1 N–H and O–H groups in total. The lowest BCUT2D eigenvalue weighted by atomic mass is 10.2. The number of hydrogen-bond donors (Lipinski definition) is 1. The topological polar surface area (TPSA) is 29.1 Å². The van der Waals surface area contributed by atoms with E-state index in [1.54, 1.807) is 19.1 Å². The fourth-order valence-corrected chi connectivity index (χ4v) is 0.928. The molecular formula is C10H10FNO. The summed E-state index contributed by atoms with van der Waals surface area (Å²) in [4.78, 5) is 10.8. The first-order valence-corrected chi connectivity index (χ1v) is 3.83. The highest BCUT2D eigenvalue weighted by atomic mass is 19.1. The summed E-state index contributed by atoms with van der Waals surface area (Å²) in [5.41, 5.74) is 0.687. The molecular weight excluding hydrogens is 169 g/mol. The summed E-state index contributed by atoms with van der Waals surface area (Å²) in [6, 6.07) is 4.82. The normalized spacial score (nSPS) is 9.38. The number of halogens is 1. The van der Waals surface area contributed by atoms with Gasteiger partial charge in [0.05, 0.1) is 5.69 Å². The van der Waals surface area contributed by atoms with Gasteiger partial charge in [-0.05, 0) is 24.6 Å². The lowest BCUT2D eigenvalue weighted by Crippen LogP contribution is -2.09. The predicted molar refractivity (Wildman–Crippen MR) is 50.0 cm³/mol. The van der Waals surface area contributed by atoms with Crippen LogP contribution in [0.2, 0.25) is 0 Å². The second-order valence-corrected chi connectivity index (χ2v) is 2.63. The largest absolute Gasteiger partial charge is 0.320 e. The van der Waals surface area contributed by atoms with E-state index in [1.165, 1.54) is 6.07 Å². The molecule has 0 aliphatic heterocycles. The minimum absolute atomic E-state index is 0.185. The number of carbonyl (C=O) groups excluding carboxylic acids is 1. The fourth-order valence-electron chi connectivity index (χ4n) is 0.928. The number of anilines is 1. The molecule has 0 saturated carbocycles. The van der Waals surface area contributed by atoms with Crippen LogP contribution < -0.4 is 5.32 Å². The molecule has 0 aliphatic rings. The standard InChI is InChI=1S/C10H10FNO/c1-3-9(13)12-8-6-4-5-7(2)10(8)11/h3-6H,1H2,2H3,(H,12,13). The predicted octanol–water partition coefficient (Wildman–Crippen LogP) is 2.26. The van der Waals surface area contributed by atoms with E-state index in [4.69, 9.17) is 0 Å². The second-order valence-electron chi connectivity index (χ2n) is 2.63. The van der Waals surface area contributed by atoms with E-state index in [9.17, 15) is 9.18 Å². The van der Waals surface area contributed by atoms with Crippen molar-refractivity contribution in [1.82, 2.24) is 0 Å². The fraction of sp³-hybridized carbons (Fsp3) is 0.100. The van der Waals surface area contributed by atoms with Crippen LogP contribution in [0.25, 0.3) is 0 Å². The van der Waals surface area contributed by atoms with Crippen molar-refractivity contribution in [1.29, 1.82) is 0 Å². The highest BCUT2D eigenvalue weighted by molar-refractivity contribution is 5.98. The number of rotatable bonds is 2. The summed E-state index contributed by atoms with van der Waals surface area (Å²) in [5.74, 6) is -0.817. The number of benzene rings is 1. The third kappa shape index (κ3) is 2.15. The van der Waals surface area contributed by atoms with Crippen LogP contribution >= 0.6 is 0 Å². The summed E-state index contributed by atoms with van der Waals surface area (Å²) in [7, 11) is 0. The Balaban J connectivity index is 2.95. The molecule has 0 bridgehead atoms. The average molecular weight is 179 g/mol. The van der Waals surface area contributed by atoms with Crippen LogP contribution in [0, 0.1) is 12.7 Å². The van der Waals surface area contributed by atoms with Gasteiger partial charge in [0.2, 0.25) is 5.91 Å². The minimum atomic E-state index is -0.412. The highest BCUT2D eigenvalue weighted by Crippen LogP contribution is 2.16. The Kier molecular flexibility index (Phi) is 2.80. The minimum Gasteiger partial charge on any atom is -0.320 e. The summed E-state index contributed by atoms with van der Waals surface area (Å²) in [5, 5.41) is 2.37. The molecule has 0 aromatic heterocycles. The van der Waals surface area contributed by atoms with E-state index in [-0.39, 0.29) is 5.69 Å². The Morgan fingerprint density at radius 1 is 1.62 bits per heavy atom. The van der Waals surface area contributed by atoms with Crippen molar-refractivity contribution in [2.75, 3.05) is 5.32 Å². The Labute approximate surface area is 76.1 Å². The molecule has 13 heavy (non-hydrogen) atoms. The zero-order valence-electron chi connectivity index (χ0n) is 7.30. The van der Waals surface area contributed by atoms with Crippen LogP contribution in [0.5, 0.6) is 0 Å². The monoisotopic (exact) mass is 179 g/mol. The Bertz CT molecular complexity index is 347. The van der Waals surface area contributed by atoms with Gasteiger partial charge in [0.1, 0.15) is 5.82 Å². The Hall–Kier alpha value is -1.64. The van der Waals surface area contributed by atoms with Crippen LogP contribution in [0.3, 0.4) is 0 Å². The Morgan fingerprint density at radius 3 is 2.92 bits per heavy atom. The van der Waals surface area contributed by atoms with E-state index in [0.717, 1.165) is 6.08 Å². The van der Waals surface area contributed by atoms with Gasteiger partial charge in [-0.3, -0.25) is 4.79 Å². The van der Waals surface area contributed by atoms with Crippen molar-refractivity contribution in [2.24, 2.45) is 0 Å². The van der Waals surface area contributed by atoms with Crippen molar-refractivity contribution in [3.05, 3.63) is 42.2 Å². The maximum absolute atomic E-state index is 13.2. The average Bonchev–Trinajstić information content (AvgIpc) is 2.13. The first kappa shape index (κ1) is 9.45. The van der Waals surface area contributed by atoms with Crippen LogP contribution in [0.1, 0.15) is 5.56 Å². The maximum Gasteiger partial charge on any atom is 0.247 e.